The topological polar surface area (TPSA) is 287 Å². The van der Waals surface area contributed by atoms with Gasteiger partial charge in [0, 0.05) is 38.5 Å². The number of benzene rings is 1. The molecule has 0 spiro atoms. The first-order valence-corrected chi connectivity index (χ1v) is 11.3. The van der Waals surface area contributed by atoms with Gasteiger partial charge in [0.1, 0.15) is 0 Å². The first-order chi connectivity index (χ1) is 16.8. The molecule has 0 radical (unpaired) electrons. The maximum atomic E-state index is 11.4. The minimum Gasteiger partial charge on any atom is -0.481 e. The molecule has 38 heavy (non-hydrogen) atoms. The molecule has 1 aromatic carbocycles. The number of rotatable bonds is 18. The quantitative estimate of drug-likeness (QED) is 0.143. The number of carboxylic acid groups (broad SMARTS) is 6. The zero-order chi connectivity index (χ0) is 27.4. The fourth-order valence-corrected chi connectivity index (χ4v) is 4.30. The molecule has 14 heteroatoms. The van der Waals surface area contributed by atoms with Crippen LogP contribution in [0.2, 0.25) is 0 Å². The number of hydrogen-bond donors (Lipinski definition) is 6. The minimum absolute atomic E-state index is 0. The molecule has 214 valence electrons. The molecular weight excluding hydrogens is 512 g/mol. The van der Waals surface area contributed by atoms with Gasteiger partial charge in [-0.15, -0.1) is 0 Å². The molecule has 0 unspecified atom stereocenters. The Labute approximate surface area is 217 Å². The van der Waals surface area contributed by atoms with E-state index in [0.717, 1.165) is 0 Å². The summed E-state index contributed by atoms with van der Waals surface area (Å²) in [6, 6.07) is 0. The Hall–Kier alpha value is -4.04. The van der Waals surface area contributed by atoms with E-state index < -0.39 is 35.8 Å². The Kier molecular flexibility index (Phi) is 16.6. The fourth-order valence-electron chi connectivity index (χ4n) is 4.30. The summed E-state index contributed by atoms with van der Waals surface area (Å²) in [5.41, 5.74) is 2.17. The van der Waals surface area contributed by atoms with E-state index in [1.165, 1.54) is 0 Å². The van der Waals surface area contributed by atoms with Crippen LogP contribution < -0.4 is 0 Å². The minimum atomic E-state index is -1.17. The van der Waals surface area contributed by atoms with Crippen molar-refractivity contribution in [3.63, 3.8) is 0 Å². The summed E-state index contributed by atoms with van der Waals surface area (Å²) >= 11 is 0. The van der Waals surface area contributed by atoms with Crippen molar-refractivity contribution in [2.24, 2.45) is 0 Å². The monoisotopic (exact) mass is 546 g/mol. The molecule has 0 saturated heterocycles. The number of aliphatic carboxylic acids is 6. The molecule has 0 atom stereocenters. The van der Waals surface area contributed by atoms with Crippen molar-refractivity contribution in [3.8, 4) is 0 Å². The molecule has 0 aliphatic rings. The van der Waals surface area contributed by atoms with Crippen LogP contribution in [0, 0.1) is 0 Å². The van der Waals surface area contributed by atoms with Crippen LogP contribution in [0.3, 0.4) is 0 Å². The fraction of sp³-hybridized carbons (Fsp3) is 0.500. The second kappa shape index (κ2) is 17.4. The van der Waals surface area contributed by atoms with E-state index in [-0.39, 0.29) is 88.0 Å². The van der Waals surface area contributed by atoms with Gasteiger partial charge in [0.05, 0.1) is 0 Å². The Bertz CT molecular complexity index is 798. The maximum absolute atomic E-state index is 11.4. The highest BCUT2D eigenvalue weighted by Gasteiger charge is 2.25. The van der Waals surface area contributed by atoms with E-state index in [4.69, 9.17) is 0 Å². The van der Waals surface area contributed by atoms with Crippen LogP contribution in [0.15, 0.2) is 0 Å². The zero-order valence-corrected chi connectivity index (χ0v) is 20.6. The summed E-state index contributed by atoms with van der Waals surface area (Å²) < 4.78 is 0. The van der Waals surface area contributed by atoms with Gasteiger partial charge < -0.3 is 41.6 Å². The Morgan fingerprint density at radius 3 is 0.500 bits per heavy atom. The smallest absolute Gasteiger partial charge is 0.303 e. The summed E-state index contributed by atoms with van der Waals surface area (Å²) in [5.74, 6) is -7.01. The third-order valence-electron chi connectivity index (χ3n) is 5.72. The number of hydrogen-bond acceptors (Lipinski definition) is 6. The van der Waals surface area contributed by atoms with Crippen LogP contribution in [0.1, 0.15) is 71.9 Å². The number of carbonyl (C=O) groups is 6. The molecule has 1 aromatic rings. The Morgan fingerprint density at radius 2 is 0.421 bits per heavy atom. The van der Waals surface area contributed by atoms with E-state index in [1.807, 2.05) is 0 Å². The standard InChI is InChI=1S/C24H30O12.2H2O/c25-19(26)7-1-13-14(2-8-20(27)28)16(4-10-22(31)32)18(6-12-24(35)36)17(5-11-23(33)34)15(13)3-9-21(29)30;;/h1-12H2,(H,25,26)(H,27,28)(H,29,30)(H,31,32)(H,33,34)(H,35,36);2*1H2. The van der Waals surface area contributed by atoms with Crippen LogP contribution in [0.5, 0.6) is 0 Å². The summed E-state index contributed by atoms with van der Waals surface area (Å²) in [6.45, 7) is 0. The molecule has 0 heterocycles. The third kappa shape index (κ3) is 12.3. The lowest BCUT2D eigenvalue weighted by Crippen LogP contribution is -2.19. The molecule has 0 aliphatic carbocycles. The van der Waals surface area contributed by atoms with Crippen molar-refractivity contribution in [2.75, 3.05) is 0 Å². The third-order valence-corrected chi connectivity index (χ3v) is 5.72. The summed E-state index contributed by atoms with van der Waals surface area (Å²) in [4.78, 5) is 68.2. The van der Waals surface area contributed by atoms with E-state index in [9.17, 15) is 59.4 Å². The van der Waals surface area contributed by atoms with Crippen molar-refractivity contribution in [1.29, 1.82) is 0 Å². The van der Waals surface area contributed by atoms with E-state index >= 15 is 0 Å². The number of carboxylic acids is 6. The SMILES string of the molecule is O.O.O=C(O)CCc1c(CCC(=O)O)c(CCC(=O)O)c(CCC(=O)O)c(CCC(=O)O)c1CCC(=O)O. The molecule has 0 fully saturated rings. The van der Waals surface area contributed by atoms with Crippen molar-refractivity contribution >= 4 is 35.8 Å². The van der Waals surface area contributed by atoms with Gasteiger partial charge in [-0.05, 0) is 71.9 Å². The zero-order valence-electron chi connectivity index (χ0n) is 20.6. The van der Waals surface area contributed by atoms with Gasteiger partial charge in [-0.2, -0.15) is 0 Å². The van der Waals surface area contributed by atoms with Gasteiger partial charge in [0.15, 0.2) is 0 Å². The molecule has 0 aliphatic heterocycles. The molecule has 10 N–H and O–H groups in total. The molecule has 0 saturated carbocycles. The van der Waals surface area contributed by atoms with Gasteiger partial charge in [-0.1, -0.05) is 0 Å². The van der Waals surface area contributed by atoms with E-state index in [0.29, 0.717) is 33.4 Å². The lowest BCUT2D eigenvalue weighted by atomic mass is 9.78. The van der Waals surface area contributed by atoms with Gasteiger partial charge in [0.25, 0.3) is 0 Å². The van der Waals surface area contributed by atoms with Crippen LogP contribution in [-0.4, -0.2) is 77.4 Å². The van der Waals surface area contributed by atoms with Crippen LogP contribution in [0.4, 0.5) is 0 Å². The van der Waals surface area contributed by atoms with Crippen LogP contribution >= 0.6 is 0 Å². The van der Waals surface area contributed by atoms with Crippen molar-refractivity contribution in [3.05, 3.63) is 33.4 Å². The molecule has 1 rings (SSSR count). The van der Waals surface area contributed by atoms with Crippen molar-refractivity contribution in [2.45, 2.75) is 77.0 Å². The van der Waals surface area contributed by atoms with Crippen molar-refractivity contribution in [1.82, 2.24) is 0 Å². The van der Waals surface area contributed by atoms with Gasteiger partial charge in [0.2, 0.25) is 0 Å². The lowest BCUT2D eigenvalue weighted by Gasteiger charge is -2.27. The van der Waals surface area contributed by atoms with Gasteiger partial charge in [-0.3, -0.25) is 28.8 Å². The largest absolute Gasteiger partial charge is 0.481 e. The van der Waals surface area contributed by atoms with Crippen LogP contribution in [0.25, 0.3) is 0 Å². The van der Waals surface area contributed by atoms with Gasteiger partial charge in [-0.25, -0.2) is 0 Å². The second-order valence-electron chi connectivity index (χ2n) is 8.23. The highest BCUT2D eigenvalue weighted by molar-refractivity contribution is 5.72. The highest BCUT2D eigenvalue weighted by atomic mass is 16.4. The first kappa shape index (κ1) is 36.1. The maximum Gasteiger partial charge on any atom is 0.303 e. The molecule has 14 nitrogen and oxygen atoms in total. The normalized spacial score (nSPS) is 10.1. The summed E-state index contributed by atoms with van der Waals surface area (Å²) in [6.07, 6.45) is -2.98. The molecular formula is C24H34O14. The predicted molar refractivity (Wildman–Crippen MR) is 129 cm³/mol. The van der Waals surface area contributed by atoms with Crippen LogP contribution in [-0.2, 0) is 67.3 Å². The first-order valence-electron chi connectivity index (χ1n) is 11.3. The Morgan fingerprint density at radius 1 is 0.316 bits per heavy atom. The van der Waals surface area contributed by atoms with E-state index in [2.05, 4.69) is 0 Å². The second-order valence-corrected chi connectivity index (χ2v) is 8.23. The average Bonchev–Trinajstić information content (AvgIpc) is 2.75. The molecule has 0 bridgehead atoms. The summed E-state index contributed by atoms with van der Waals surface area (Å²) in [5, 5.41) is 55.6. The van der Waals surface area contributed by atoms with Crippen molar-refractivity contribution < 1.29 is 70.4 Å². The lowest BCUT2D eigenvalue weighted by molar-refractivity contribution is -0.138. The predicted octanol–water partition coefficient (Wildman–Crippen LogP) is 0.140. The van der Waals surface area contributed by atoms with Gasteiger partial charge >= 0.3 is 35.8 Å². The molecule has 0 amide bonds. The molecule has 0 aromatic heterocycles. The van der Waals surface area contributed by atoms with E-state index in [1.54, 1.807) is 0 Å². The Balaban J connectivity index is 0. The average molecular weight is 547 g/mol. The highest BCUT2D eigenvalue weighted by Crippen LogP contribution is 2.34. The summed E-state index contributed by atoms with van der Waals surface area (Å²) in [7, 11) is 0.